The summed E-state index contributed by atoms with van der Waals surface area (Å²) in [6, 6.07) is 6.89. The number of likely N-dealkylation sites (tertiary alicyclic amines) is 2. The molecule has 25 heavy (non-hydrogen) atoms. The number of rotatable bonds is 4. The number of aromatic amines is 1. The van der Waals surface area contributed by atoms with Gasteiger partial charge >= 0.3 is 0 Å². The molecule has 1 aromatic heterocycles. The highest BCUT2D eigenvalue weighted by Crippen LogP contribution is 2.25. The minimum Gasteiger partial charge on any atom is -0.350 e. The first kappa shape index (κ1) is 16.6. The number of piperidine rings is 1. The first-order valence-electron chi connectivity index (χ1n) is 9.53. The second-order valence-electron chi connectivity index (χ2n) is 7.37. The molecule has 5 heteroatoms. The summed E-state index contributed by atoms with van der Waals surface area (Å²) in [4.78, 5) is 20.7. The van der Waals surface area contributed by atoms with Gasteiger partial charge in [-0.3, -0.25) is 4.79 Å². The van der Waals surface area contributed by atoms with Crippen molar-refractivity contribution >= 4 is 16.8 Å². The fourth-order valence-electron chi connectivity index (χ4n) is 4.29. The van der Waals surface area contributed by atoms with E-state index in [2.05, 4.69) is 9.88 Å². The second-order valence-corrected chi connectivity index (χ2v) is 7.37. The Morgan fingerprint density at radius 3 is 2.76 bits per heavy atom. The average Bonchev–Trinajstić information content (AvgIpc) is 3.30. The molecule has 0 spiro atoms. The van der Waals surface area contributed by atoms with Gasteiger partial charge in [-0.25, -0.2) is 4.39 Å². The molecule has 4 nitrogen and oxygen atoms in total. The summed E-state index contributed by atoms with van der Waals surface area (Å²) in [5.74, 6) is -0.265. The zero-order valence-electron chi connectivity index (χ0n) is 14.6. The largest absolute Gasteiger partial charge is 0.350 e. The Morgan fingerprint density at radius 1 is 1.16 bits per heavy atom. The average molecular weight is 343 g/mol. The number of benzene rings is 1. The van der Waals surface area contributed by atoms with Crippen molar-refractivity contribution in [3.8, 4) is 0 Å². The van der Waals surface area contributed by atoms with Crippen molar-refractivity contribution in [2.45, 2.75) is 44.6 Å². The maximum Gasteiger partial charge on any atom is 0.270 e. The minimum atomic E-state index is -0.281. The molecule has 3 heterocycles. The van der Waals surface area contributed by atoms with Gasteiger partial charge in [-0.15, -0.1) is 0 Å². The number of halogens is 1. The fourth-order valence-corrected chi connectivity index (χ4v) is 4.29. The van der Waals surface area contributed by atoms with Gasteiger partial charge in [0, 0.05) is 30.0 Å². The number of amides is 1. The van der Waals surface area contributed by atoms with Gasteiger partial charge in [0.15, 0.2) is 0 Å². The summed E-state index contributed by atoms with van der Waals surface area (Å²) in [5.41, 5.74) is 1.20. The van der Waals surface area contributed by atoms with Crippen molar-refractivity contribution < 1.29 is 9.18 Å². The summed E-state index contributed by atoms with van der Waals surface area (Å²) in [5, 5.41) is 0.497. The van der Waals surface area contributed by atoms with Gasteiger partial charge in [0.1, 0.15) is 11.5 Å². The van der Waals surface area contributed by atoms with Crippen LogP contribution in [0.25, 0.3) is 10.9 Å². The molecule has 134 valence electrons. The number of hydrogen-bond acceptors (Lipinski definition) is 2. The molecule has 1 amide bonds. The summed E-state index contributed by atoms with van der Waals surface area (Å²) in [6.45, 7) is 4.28. The number of hydrogen-bond donors (Lipinski definition) is 1. The lowest BCUT2D eigenvalue weighted by Crippen LogP contribution is -2.45. The molecule has 0 aliphatic carbocycles. The zero-order valence-corrected chi connectivity index (χ0v) is 14.6. The SMILES string of the molecule is O=C(c1cc2c(F)cccc2[nH]1)N1CCCCC1CCN1CCCC1. The minimum absolute atomic E-state index is 0.0155. The Hall–Kier alpha value is -1.88. The highest BCUT2D eigenvalue weighted by molar-refractivity contribution is 5.98. The molecule has 2 aliphatic rings. The summed E-state index contributed by atoms with van der Waals surface area (Å²) in [6.07, 6.45) is 6.96. The summed E-state index contributed by atoms with van der Waals surface area (Å²) >= 11 is 0. The van der Waals surface area contributed by atoms with E-state index in [-0.39, 0.29) is 11.7 Å². The van der Waals surface area contributed by atoms with Crippen molar-refractivity contribution in [3.63, 3.8) is 0 Å². The van der Waals surface area contributed by atoms with E-state index in [1.807, 2.05) is 11.0 Å². The number of nitrogens with zero attached hydrogens (tertiary/aromatic N) is 2. The molecule has 1 unspecified atom stereocenters. The zero-order chi connectivity index (χ0) is 17.2. The van der Waals surface area contributed by atoms with Crippen molar-refractivity contribution in [2.75, 3.05) is 26.2 Å². The van der Waals surface area contributed by atoms with Crippen LogP contribution in [0.2, 0.25) is 0 Å². The summed E-state index contributed by atoms with van der Waals surface area (Å²) < 4.78 is 13.9. The molecule has 0 bridgehead atoms. The lowest BCUT2D eigenvalue weighted by Gasteiger charge is -2.36. The molecule has 2 aromatic rings. The second kappa shape index (κ2) is 7.16. The Labute approximate surface area is 148 Å². The highest BCUT2D eigenvalue weighted by Gasteiger charge is 2.29. The van der Waals surface area contributed by atoms with E-state index >= 15 is 0 Å². The Kier molecular flexibility index (Phi) is 4.75. The van der Waals surface area contributed by atoms with E-state index in [1.54, 1.807) is 12.1 Å². The van der Waals surface area contributed by atoms with E-state index in [1.165, 1.54) is 38.4 Å². The normalized spacial score (nSPS) is 22.0. The van der Waals surface area contributed by atoms with Crippen LogP contribution in [0.1, 0.15) is 49.0 Å². The van der Waals surface area contributed by atoms with Gasteiger partial charge in [0.05, 0.1) is 0 Å². The third-order valence-electron chi connectivity index (χ3n) is 5.71. The lowest BCUT2D eigenvalue weighted by atomic mass is 9.98. The predicted octanol–water partition coefficient (Wildman–Crippen LogP) is 3.79. The molecule has 1 atom stereocenters. The van der Waals surface area contributed by atoms with E-state index in [9.17, 15) is 9.18 Å². The first-order chi connectivity index (χ1) is 12.2. The number of carbonyl (C=O) groups is 1. The molecule has 2 aliphatic heterocycles. The van der Waals surface area contributed by atoms with Crippen LogP contribution in [0, 0.1) is 5.82 Å². The third-order valence-corrected chi connectivity index (χ3v) is 5.71. The van der Waals surface area contributed by atoms with Crippen molar-refractivity contribution in [1.29, 1.82) is 0 Å². The smallest absolute Gasteiger partial charge is 0.270 e. The van der Waals surface area contributed by atoms with Gasteiger partial charge in [0.2, 0.25) is 0 Å². The maximum atomic E-state index is 13.9. The molecule has 1 aromatic carbocycles. The number of nitrogens with one attached hydrogen (secondary N) is 1. The van der Waals surface area contributed by atoms with E-state index in [4.69, 9.17) is 0 Å². The van der Waals surface area contributed by atoms with Crippen LogP contribution in [0.5, 0.6) is 0 Å². The molecular weight excluding hydrogens is 317 g/mol. The standard InChI is InChI=1S/C20H26FN3O/c21-17-7-5-8-18-16(17)14-19(22-18)20(25)24-12-2-1-6-15(24)9-13-23-10-3-4-11-23/h5,7-8,14-15,22H,1-4,6,9-13H2. The molecular formula is C20H26FN3O. The maximum absolute atomic E-state index is 13.9. The van der Waals surface area contributed by atoms with Crippen LogP contribution < -0.4 is 0 Å². The van der Waals surface area contributed by atoms with E-state index in [0.717, 1.165) is 32.4 Å². The molecule has 0 saturated carbocycles. The number of carbonyl (C=O) groups excluding carboxylic acids is 1. The number of H-pyrrole nitrogens is 1. The van der Waals surface area contributed by atoms with Crippen molar-refractivity contribution in [3.05, 3.63) is 35.8 Å². The quantitative estimate of drug-likeness (QED) is 0.917. The van der Waals surface area contributed by atoms with Crippen LogP contribution in [0.3, 0.4) is 0 Å². The van der Waals surface area contributed by atoms with Crippen LogP contribution >= 0.6 is 0 Å². The van der Waals surface area contributed by atoms with Crippen LogP contribution in [-0.2, 0) is 0 Å². The first-order valence-corrected chi connectivity index (χ1v) is 9.53. The van der Waals surface area contributed by atoms with Gasteiger partial charge in [-0.05, 0) is 69.8 Å². The van der Waals surface area contributed by atoms with Crippen LogP contribution in [0.4, 0.5) is 4.39 Å². The van der Waals surface area contributed by atoms with Gasteiger partial charge in [-0.2, -0.15) is 0 Å². The topological polar surface area (TPSA) is 39.3 Å². The van der Waals surface area contributed by atoms with Gasteiger partial charge in [0.25, 0.3) is 5.91 Å². The van der Waals surface area contributed by atoms with Crippen LogP contribution in [0.15, 0.2) is 24.3 Å². The summed E-state index contributed by atoms with van der Waals surface area (Å²) in [7, 11) is 0. The van der Waals surface area contributed by atoms with E-state index < -0.39 is 0 Å². The Morgan fingerprint density at radius 2 is 1.96 bits per heavy atom. The third kappa shape index (κ3) is 3.43. The van der Waals surface area contributed by atoms with Gasteiger partial charge in [-0.1, -0.05) is 6.07 Å². The molecule has 2 fully saturated rings. The predicted molar refractivity (Wildman–Crippen MR) is 97.2 cm³/mol. The van der Waals surface area contributed by atoms with E-state index in [0.29, 0.717) is 22.6 Å². The molecule has 0 radical (unpaired) electrons. The van der Waals surface area contributed by atoms with Crippen molar-refractivity contribution in [2.24, 2.45) is 0 Å². The fraction of sp³-hybridized carbons (Fsp3) is 0.550. The Bertz CT molecular complexity index is 750. The Balaban J connectivity index is 1.50. The number of fused-ring (bicyclic) bond motifs is 1. The van der Waals surface area contributed by atoms with Crippen molar-refractivity contribution in [1.82, 2.24) is 14.8 Å². The monoisotopic (exact) mass is 343 g/mol. The van der Waals surface area contributed by atoms with Gasteiger partial charge < -0.3 is 14.8 Å². The molecule has 4 rings (SSSR count). The lowest BCUT2D eigenvalue weighted by molar-refractivity contribution is 0.0583. The van der Waals surface area contributed by atoms with Crippen LogP contribution in [-0.4, -0.2) is 52.9 Å². The molecule has 2 saturated heterocycles. The highest BCUT2D eigenvalue weighted by atomic mass is 19.1. The molecule has 1 N–H and O–H groups in total. The number of aromatic nitrogens is 1.